The first-order valence-corrected chi connectivity index (χ1v) is 10.3. The van der Waals surface area contributed by atoms with Crippen LogP contribution in [-0.2, 0) is 0 Å². The number of nitrogens with zero attached hydrogens (tertiary/aromatic N) is 2. The highest BCUT2D eigenvalue weighted by Gasteiger charge is 2.32. The highest BCUT2D eigenvalue weighted by atomic mass is 19.4. The van der Waals surface area contributed by atoms with Gasteiger partial charge in [0.1, 0.15) is 17.1 Å². The molecule has 0 radical (unpaired) electrons. The molecular formula is C21H25F3N8O. The summed E-state index contributed by atoms with van der Waals surface area (Å²) in [4.78, 5) is 20.4. The standard InChI is InChI=1S/C21H25F3N8O/c22-21(23,24)17(26)9-10-28-12-5-7-13(8-6-12)30-19-14(18(27)33)11-29-20(32-19)31-16-4-2-1-3-15(16)25/h5-11,15-16,26,28H,1-4,25H2,(H2,27,33)(H2,29,30,31,32)/b10-9-,26-17?/t15-,16+/m0/s1. The molecule has 1 fully saturated rings. The molecule has 1 aromatic carbocycles. The van der Waals surface area contributed by atoms with E-state index >= 15 is 0 Å². The van der Waals surface area contributed by atoms with Gasteiger partial charge in [0.25, 0.3) is 5.91 Å². The highest BCUT2D eigenvalue weighted by Crippen LogP contribution is 2.24. The number of nitrogens with one attached hydrogen (secondary N) is 4. The number of benzene rings is 1. The number of anilines is 4. The summed E-state index contributed by atoms with van der Waals surface area (Å²) in [6.07, 6.45) is 2.25. The second kappa shape index (κ2) is 10.3. The molecule has 0 saturated heterocycles. The molecule has 9 nitrogen and oxygen atoms in total. The zero-order valence-electron chi connectivity index (χ0n) is 17.6. The number of alkyl halides is 3. The Hall–Kier alpha value is -3.67. The maximum atomic E-state index is 12.3. The van der Waals surface area contributed by atoms with Gasteiger partial charge in [-0.3, -0.25) is 10.2 Å². The van der Waals surface area contributed by atoms with Gasteiger partial charge < -0.3 is 27.4 Å². The van der Waals surface area contributed by atoms with Crippen molar-refractivity contribution >= 4 is 34.8 Å². The van der Waals surface area contributed by atoms with Crippen LogP contribution in [0.25, 0.3) is 0 Å². The van der Waals surface area contributed by atoms with Crippen LogP contribution in [-0.4, -0.2) is 39.8 Å². The fourth-order valence-corrected chi connectivity index (χ4v) is 3.33. The Morgan fingerprint density at radius 2 is 1.82 bits per heavy atom. The van der Waals surface area contributed by atoms with Crippen molar-refractivity contribution in [1.82, 2.24) is 9.97 Å². The van der Waals surface area contributed by atoms with Crippen molar-refractivity contribution in [3.63, 3.8) is 0 Å². The number of allylic oxidation sites excluding steroid dienone is 1. The third-order valence-corrected chi connectivity index (χ3v) is 5.14. The van der Waals surface area contributed by atoms with Crippen molar-refractivity contribution in [2.24, 2.45) is 11.5 Å². The second-order valence-corrected chi connectivity index (χ2v) is 7.61. The molecule has 2 aromatic rings. The molecule has 0 spiro atoms. The first kappa shape index (κ1) is 24.0. The van der Waals surface area contributed by atoms with E-state index in [4.69, 9.17) is 16.9 Å². The molecular weight excluding hydrogens is 437 g/mol. The fourth-order valence-electron chi connectivity index (χ4n) is 3.33. The summed E-state index contributed by atoms with van der Waals surface area (Å²) in [6, 6.07) is 6.52. The van der Waals surface area contributed by atoms with Gasteiger partial charge in [-0.1, -0.05) is 12.8 Å². The van der Waals surface area contributed by atoms with Crippen LogP contribution in [0.15, 0.2) is 42.7 Å². The molecule has 2 atom stereocenters. The molecule has 1 heterocycles. The minimum Gasteiger partial charge on any atom is -0.365 e. The molecule has 1 aromatic heterocycles. The Labute approximate surface area is 188 Å². The van der Waals surface area contributed by atoms with Gasteiger partial charge in [0.2, 0.25) is 5.95 Å². The van der Waals surface area contributed by atoms with Crippen LogP contribution in [0.4, 0.5) is 36.3 Å². The van der Waals surface area contributed by atoms with Gasteiger partial charge in [-0.05, 0) is 43.2 Å². The topological polar surface area (TPSA) is 155 Å². The number of aromatic nitrogens is 2. The fraction of sp³-hybridized carbons (Fsp3) is 0.333. The number of rotatable bonds is 8. The van der Waals surface area contributed by atoms with E-state index in [1.165, 1.54) is 6.20 Å². The lowest BCUT2D eigenvalue weighted by molar-refractivity contribution is -0.0584. The number of hydrogen-bond acceptors (Lipinski definition) is 8. The number of carbonyl (C=O) groups is 1. The van der Waals surface area contributed by atoms with E-state index in [-0.39, 0.29) is 23.5 Å². The smallest absolute Gasteiger partial charge is 0.365 e. The van der Waals surface area contributed by atoms with Gasteiger partial charge in [-0.2, -0.15) is 18.2 Å². The lowest BCUT2D eigenvalue weighted by Crippen LogP contribution is -2.43. The maximum absolute atomic E-state index is 12.3. The van der Waals surface area contributed by atoms with Crippen molar-refractivity contribution in [2.75, 3.05) is 16.0 Å². The van der Waals surface area contributed by atoms with E-state index in [9.17, 15) is 18.0 Å². The number of amides is 1. The van der Waals surface area contributed by atoms with Crippen LogP contribution < -0.4 is 27.4 Å². The van der Waals surface area contributed by atoms with Crippen LogP contribution >= 0.6 is 0 Å². The third-order valence-electron chi connectivity index (χ3n) is 5.14. The van der Waals surface area contributed by atoms with Crippen LogP contribution in [0.2, 0.25) is 0 Å². The van der Waals surface area contributed by atoms with E-state index in [2.05, 4.69) is 25.9 Å². The van der Waals surface area contributed by atoms with Gasteiger partial charge in [-0.15, -0.1) is 0 Å². The Bertz CT molecular complexity index is 1020. The van der Waals surface area contributed by atoms with Crippen LogP contribution in [0.1, 0.15) is 36.0 Å². The van der Waals surface area contributed by atoms with E-state index in [1.54, 1.807) is 24.3 Å². The number of hydrogen-bond donors (Lipinski definition) is 6. The Morgan fingerprint density at radius 3 is 2.45 bits per heavy atom. The summed E-state index contributed by atoms with van der Waals surface area (Å²) in [5, 5.41) is 15.8. The predicted molar refractivity (Wildman–Crippen MR) is 121 cm³/mol. The molecule has 3 rings (SSSR count). The van der Waals surface area contributed by atoms with Crippen LogP contribution in [0.3, 0.4) is 0 Å². The maximum Gasteiger partial charge on any atom is 0.432 e. The first-order valence-electron chi connectivity index (χ1n) is 10.3. The third kappa shape index (κ3) is 6.65. The summed E-state index contributed by atoms with van der Waals surface area (Å²) in [7, 11) is 0. The SMILES string of the molecule is N=C(/C=C\Nc1ccc(Nc2nc(N[C@@H]3CCCC[C@@H]3N)ncc2C(N)=O)cc1)C(F)(F)F. The van der Waals surface area contributed by atoms with E-state index in [1.807, 2.05) is 0 Å². The lowest BCUT2D eigenvalue weighted by Gasteiger charge is -2.29. The molecule has 33 heavy (non-hydrogen) atoms. The van der Waals surface area contributed by atoms with Crippen LogP contribution in [0, 0.1) is 5.41 Å². The van der Waals surface area contributed by atoms with Gasteiger partial charge in [0.15, 0.2) is 0 Å². The second-order valence-electron chi connectivity index (χ2n) is 7.61. The van der Waals surface area contributed by atoms with Gasteiger partial charge in [-0.25, -0.2) is 4.98 Å². The van der Waals surface area contributed by atoms with Crippen molar-refractivity contribution in [3.8, 4) is 0 Å². The highest BCUT2D eigenvalue weighted by molar-refractivity contribution is 5.98. The molecule has 0 bridgehead atoms. The number of carbonyl (C=O) groups excluding carboxylic acids is 1. The van der Waals surface area contributed by atoms with Crippen molar-refractivity contribution < 1.29 is 18.0 Å². The number of primary amides is 1. The predicted octanol–water partition coefficient (Wildman–Crippen LogP) is 3.51. The zero-order valence-corrected chi connectivity index (χ0v) is 17.6. The van der Waals surface area contributed by atoms with Gasteiger partial charge >= 0.3 is 6.18 Å². The number of nitrogens with two attached hydrogens (primary N) is 2. The lowest BCUT2D eigenvalue weighted by atomic mass is 9.91. The first-order chi connectivity index (χ1) is 15.6. The molecule has 12 heteroatoms. The molecule has 1 aliphatic carbocycles. The van der Waals surface area contributed by atoms with Crippen molar-refractivity contribution in [3.05, 3.63) is 48.3 Å². The molecule has 176 valence electrons. The normalized spacial score (nSPS) is 18.7. The van der Waals surface area contributed by atoms with Gasteiger partial charge in [0, 0.05) is 35.9 Å². The Kier molecular flexibility index (Phi) is 7.48. The molecule has 0 unspecified atom stereocenters. The minimum absolute atomic E-state index is 0.0106. The molecule has 8 N–H and O–H groups in total. The zero-order chi connectivity index (χ0) is 24.0. The quantitative estimate of drug-likeness (QED) is 0.328. The van der Waals surface area contributed by atoms with Crippen molar-refractivity contribution in [2.45, 2.75) is 43.9 Å². The van der Waals surface area contributed by atoms with Gasteiger partial charge in [0.05, 0.1) is 0 Å². The Morgan fingerprint density at radius 1 is 1.15 bits per heavy atom. The minimum atomic E-state index is -4.70. The average molecular weight is 462 g/mol. The Balaban J connectivity index is 1.70. The van der Waals surface area contributed by atoms with E-state index in [0.29, 0.717) is 23.4 Å². The summed E-state index contributed by atoms with van der Waals surface area (Å²) in [5.74, 6) is -0.169. The van der Waals surface area contributed by atoms with E-state index < -0.39 is 17.8 Å². The number of halogens is 3. The summed E-state index contributed by atoms with van der Waals surface area (Å²) in [6.45, 7) is 0. The summed E-state index contributed by atoms with van der Waals surface area (Å²) < 4.78 is 37.0. The summed E-state index contributed by atoms with van der Waals surface area (Å²) >= 11 is 0. The molecule has 0 aliphatic heterocycles. The van der Waals surface area contributed by atoms with Crippen molar-refractivity contribution in [1.29, 1.82) is 5.41 Å². The molecule has 1 aliphatic rings. The average Bonchev–Trinajstić information content (AvgIpc) is 2.76. The van der Waals surface area contributed by atoms with E-state index in [0.717, 1.165) is 31.9 Å². The largest absolute Gasteiger partial charge is 0.432 e. The molecule has 1 amide bonds. The summed E-state index contributed by atoms with van der Waals surface area (Å²) in [5.41, 5.74) is 11.3. The molecule has 1 saturated carbocycles. The monoisotopic (exact) mass is 462 g/mol. The van der Waals surface area contributed by atoms with Crippen LogP contribution in [0.5, 0.6) is 0 Å².